The number of rotatable bonds is 20. The highest BCUT2D eigenvalue weighted by Gasteiger charge is 2.29. The van der Waals surface area contributed by atoms with Crippen LogP contribution < -0.4 is 27.0 Å². The summed E-state index contributed by atoms with van der Waals surface area (Å²) in [5, 5.41) is 18.9. The number of benzene rings is 1. The zero-order chi connectivity index (χ0) is 36.7. The highest BCUT2D eigenvalue weighted by Crippen LogP contribution is 2.20. The Morgan fingerprint density at radius 3 is 2.24 bits per heavy atom. The zero-order valence-corrected chi connectivity index (χ0v) is 27.6. The summed E-state index contributed by atoms with van der Waals surface area (Å²) in [6.45, 7) is 2.79. The number of amides is 7. The van der Waals surface area contributed by atoms with E-state index in [2.05, 4.69) is 26.0 Å². The van der Waals surface area contributed by atoms with Crippen molar-refractivity contribution in [3.63, 3.8) is 0 Å². The first-order chi connectivity index (χ1) is 23.0. The zero-order valence-electron chi connectivity index (χ0n) is 26.8. The molecule has 2 atom stereocenters. The number of carboxylic acid groups (broad SMARTS) is 1. The van der Waals surface area contributed by atoms with Gasteiger partial charge < -0.3 is 41.6 Å². The van der Waals surface area contributed by atoms with E-state index in [1.54, 1.807) is 13.8 Å². The Morgan fingerprint density at radius 2 is 1.65 bits per heavy atom. The van der Waals surface area contributed by atoms with Gasteiger partial charge in [0.25, 0.3) is 21.9 Å². The van der Waals surface area contributed by atoms with Crippen LogP contribution in [0, 0.1) is 5.92 Å². The van der Waals surface area contributed by atoms with Crippen molar-refractivity contribution in [1.29, 1.82) is 0 Å². The van der Waals surface area contributed by atoms with Crippen LogP contribution in [0.5, 0.6) is 0 Å². The summed E-state index contributed by atoms with van der Waals surface area (Å²) in [5.41, 5.74) is 5.18. The lowest BCUT2D eigenvalue weighted by atomic mass is 10.0. The van der Waals surface area contributed by atoms with E-state index in [-0.39, 0.29) is 62.4 Å². The van der Waals surface area contributed by atoms with Crippen LogP contribution in [0.2, 0.25) is 0 Å². The van der Waals surface area contributed by atoms with Gasteiger partial charge in [0.15, 0.2) is 0 Å². The minimum absolute atomic E-state index is 0.00190. The lowest BCUT2D eigenvalue weighted by Gasteiger charge is -2.25. The number of imide groups is 1. The molecule has 7 amide bonds. The average Bonchev–Trinajstić information content (AvgIpc) is 3.31. The molecule has 2 rings (SSSR count). The summed E-state index contributed by atoms with van der Waals surface area (Å²) in [5.74, 6) is -4.29. The van der Waals surface area contributed by atoms with E-state index < -0.39 is 82.2 Å². The molecule has 1 heterocycles. The van der Waals surface area contributed by atoms with E-state index in [1.165, 1.54) is 18.2 Å². The molecular formula is C29H40N6O13S. The molecule has 1 aromatic rings. The van der Waals surface area contributed by atoms with Gasteiger partial charge in [-0.2, -0.15) is 8.42 Å². The number of hydrogen-bond donors (Lipinski definition) is 7. The molecule has 0 radical (unpaired) electrons. The van der Waals surface area contributed by atoms with Crippen LogP contribution >= 0.6 is 0 Å². The Kier molecular flexibility index (Phi) is 15.6. The first-order valence-electron chi connectivity index (χ1n) is 14.9. The maximum absolute atomic E-state index is 13.4. The second-order valence-electron chi connectivity index (χ2n) is 11.1. The number of urea groups is 1. The Balaban J connectivity index is 2.09. The van der Waals surface area contributed by atoms with Crippen LogP contribution in [-0.4, -0.2) is 103 Å². The second-order valence-corrected chi connectivity index (χ2v) is 12.5. The van der Waals surface area contributed by atoms with Crippen molar-refractivity contribution in [2.75, 3.05) is 31.6 Å². The number of carbonyl (C=O) groups excluding carboxylic acids is 6. The topological polar surface area (TPSA) is 290 Å². The summed E-state index contributed by atoms with van der Waals surface area (Å²) >= 11 is 0. The SMILES string of the molecule is CC(C)[C@H](NC(=O)CCOCCN1C(=O)C=CC1=O)C(=O)N[C@@H](CCCNC(N)=O)C(=O)Nc1ccc(COC(=O)O)c(CS(=O)(=O)O)c1. The monoisotopic (exact) mass is 712 g/mol. The number of carbonyl (C=O) groups is 7. The fourth-order valence-corrected chi connectivity index (χ4v) is 5.11. The van der Waals surface area contributed by atoms with Crippen LogP contribution in [0.15, 0.2) is 30.4 Å². The van der Waals surface area contributed by atoms with Gasteiger partial charge in [0.1, 0.15) is 24.4 Å². The van der Waals surface area contributed by atoms with Crippen molar-refractivity contribution in [2.24, 2.45) is 11.7 Å². The van der Waals surface area contributed by atoms with Gasteiger partial charge in [-0.1, -0.05) is 19.9 Å². The average molecular weight is 713 g/mol. The molecule has 0 spiro atoms. The molecule has 0 saturated heterocycles. The number of primary amides is 1. The normalized spacial score (nSPS) is 13.9. The molecule has 20 heteroatoms. The molecule has 0 saturated carbocycles. The van der Waals surface area contributed by atoms with Crippen molar-refractivity contribution in [2.45, 2.75) is 57.6 Å². The molecule has 1 aliphatic heterocycles. The van der Waals surface area contributed by atoms with Crippen LogP contribution in [0.25, 0.3) is 0 Å². The number of nitrogens with one attached hydrogen (secondary N) is 4. The molecule has 0 unspecified atom stereocenters. The Hall–Kier alpha value is -5.08. The van der Waals surface area contributed by atoms with Gasteiger partial charge in [0.05, 0.1) is 19.8 Å². The van der Waals surface area contributed by atoms with Crippen molar-refractivity contribution in [3.05, 3.63) is 41.5 Å². The molecule has 1 aromatic carbocycles. The summed E-state index contributed by atoms with van der Waals surface area (Å²) in [4.78, 5) is 85.4. The van der Waals surface area contributed by atoms with E-state index in [1.807, 2.05) is 0 Å². The highest BCUT2D eigenvalue weighted by molar-refractivity contribution is 7.85. The summed E-state index contributed by atoms with van der Waals surface area (Å²) in [6, 6.07) is 0.694. The third-order valence-electron chi connectivity index (χ3n) is 6.86. The van der Waals surface area contributed by atoms with Crippen LogP contribution in [0.1, 0.15) is 44.2 Å². The van der Waals surface area contributed by atoms with Crippen molar-refractivity contribution >= 4 is 57.5 Å². The molecule has 0 aliphatic carbocycles. The number of nitrogens with two attached hydrogens (primary N) is 1. The lowest BCUT2D eigenvalue weighted by molar-refractivity contribution is -0.138. The van der Waals surface area contributed by atoms with Crippen molar-refractivity contribution in [3.8, 4) is 0 Å². The predicted molar refractivity (Wildman–Crippen MR) is 170 cm³/mol. The smallest absolute Gasteiger partial charge is 0.450 e. The Morgan fingerprint density at radius 1 is 0.980 bits per heavy atom. The maximum Gasteiger partial charge on any atom is 0.506 e. The lowest BCUT2D eigenvalue weighted by Crippen LogP contribution is -2.54. The van der Waals surface area contributed by atoms with Gasteiger partial charge in [-0.3, -0.25) is 33.4 Å². The van der Waals surface area contributed by atoms with E-state index in [0.717, 1.165) is 17.1 Å². The number of ether oxygens (including phenoxy) is 2. The van der Waals surface area contributed by atoms with Gasteiger partial charge in [-0.05, 0) is 42.0 Å². The molecule has 0 aromatic heterocycles. The Labute approximate surface area is 281 Å². The van der Waals surface area contributed by atoms with Gasteiger partial charge in [-0.25, -0.2) is 9.59 Å². The number of nitrogens with zero attached hydrogens (tertiary/aromatic N) is 1. The standard InChI is InChI=1S/C29H40N6O13S/c1-17(2)25(34-22(36)9-12-47-13-11-35-23(37)7-8-24(35)38)27(40)33-21(4-3-10-31-28(30)41)26(39)32-20-6-5-18(15-48-29(42)43)19(14-20)16-49(44,45)46/h5-8,14,17,21,25H,3-4,9-13,15-16H2,1-2H3,(H,32,39)(H,33,40)(H,34,36)(H,42,43)(H3,30,31,41)(H,44,45,46)/t21-,25-/m0/s1. The highest BCUT2D eigenvalue weighted by atomic mass is 32.2. The fraction of sp³-hybridized carbons (Fsp3) is 0.483. The van der Waals surface area contributed by atoms with E-state index >= 15 is 0 Å². The molecule has 270 valence electrons. The third-order valence-corrected chi connectivity index (χ3v) is 7.54. The molecule has 1 aliphatic rings. The van der Waals surface area contributed by atoms with Gasteiger partial charge in [-0.15, -0.1) is 0 Å². The van der Waals surface area contributed by atoms with Crippen molar-refractivity contribution < 1.29 is 61.1 Å². The van der Waals surface area contributed by atoms with E-state index in [9.17, 15) is 46.5 Å². The summed E-state index contributed by atoms with van der Waals surface area (Å²) in [6.07, 6.45) is 0.682. The van der Waals surface area contributed by atoms with Crippen LogP contribution in [0.4, 0.5) is 15.3 Å². The van der Waals surface area contributed by atoms with Gasteiger partial charge >= 0.3 is 12.2 Å². The quantitative estimate of drug-likeness (QED) is 0.0393. The number of hydrogen-bond acceptors (Lipinski definition) is 11. The summed E-state index contributed by atoms with van der Waals surface area (Å²) < 4.78 is 42.3. The fourth-order valence-electron chi connectivity index (χ4n) is 4.45. The first kappa shape index (κ1) is 40.1. The molecule has 0 fully saturated rings. The molecule has 19 nitrogen and oxygen atoms in total. The molecule has 8 N–H and O–H groups in total. The number of anilines is 1. The minimum Gasteiger partial charge on any atom is -0.450 e. The molecule has 0 bridgehead atoms. The molecular weight excluding hydrogens is 672 g/mol. The minimum atomic E-state index is -4.57. The maximum atomic E-state index is 13.4. The predicted octanol–water partition coefficient (Wildman–Crippen LogP) is -0.387. The largest absolute Gasteiger partial charge is 0.506 e. The van der Waals surface area contributed by atoms with Crippen molar-refractivity contribution in [1.82, 2.24) is 20.9 Å². The van der Waals surface area contributed by atoms with Gasteiger partial charge in [0, 0.05) is 30.8 Å². The van der Waals surface area contributed by atoms with E-state index in [0.29, 0.717) is 0 Å². The van der Waals surface area contributed by atoms with Crippen LogP contribution in [-0.2, 0) is 55.9 Å². The first-order valence-corrected chi connectivity index (χ1v) is 16.6. The second kappa shape index (κ2) is 19.1. The Bertz CT molecular complexity index is 1530. The van der Waals surface area contributed by atoms with E-state index in [4.69, 9.17) is 15.6 Å². The van der Waals surface area contributed by atoms with Crippen LogP contribution in [0.3, 0.4) is 0 Å². The summed E-state index contributed by atoms with van der Waals surface area (Å²) in [7, 11) is -4.57. The van der Waals surface area contributed by atoms with Gasteiger partial charge in [0.2, 0.25) is 17.7 Å². The third kappa shape index (κ3) is 14.7. The molecule has 49 heavy (non-hydrogen) atoms.